The molecule has 3 rings (SSSR count). The van der Waals surface area contributed by atoms with Crippen molar-refractivity contribution >= 4 is 11.9 Å². The molecule has 112 valence electrons. The van der Waals surface area contributed by atoms with Crippen molar-refractivity contribution in [3.05, 3.63) is 35.9 Å². The zero-order valence-corrected chi connectivity index (χ0v) is 12.0. The summed E-state index contributed by atoms with van der Waals surface area (Å²) < 4.78 is 0. The fourth-order valence-corrected chi connectivity index (χ4v) is 3.47. The number of carbonyl (C=O) groups excluding carboxylic acids is 1. The molecule has 0 spiro atoms. The lowest BCUT2D eigenvalue weighted by Crippen LogP contribution is -2.50. The summed E-state index contributed by atoms with van der Waals surface area (Å²) in [7, 11) is 0. The zero-order valence-electron chi connectivity index (χ0n) is 12.0. The predicted octanol–water partition coefficient (Wildman–Crippen LogP) is 2.48. The molecule has 2 saturated carbocycles. The van der Waals surface area contributed by atoms with E-state index in [1.54, 1.807) is 0 Å². The van der Waals surface area contributed by atoms with Crippen molar-refractivity contribution in [3.8, 4) is 0 Å². The molecule has 1 unspecified atom stereocenters. The Balaban J connectivity index is 1.84. The molecule has 2 aliphatic rings. The van der Waals surface area contributed by atoms with Gasteiger partial charge in [-0.3, -0.25) is 4.79 Å². The summed E-state index contributed by atoms with van der Waals surface area (Å²) >= 11 is 0. The van der Waals surface area contributed by atoms with Gasteiger partial charge in [-0.2, -0.15) is 0 Å². The molecule has 0 heterocycles. The third-order valence-corrected chi connectivity index (χ3v) is 4.86. The second kappa shape index (κ2) is 5.51. The van der Waals surface area contributed by atoms with E-state index in [1.165, 1.54) is 0 Å². The minimum Gasteiger partial charge on any atom is -0.480 e. The average molecular weight is 287 g/mol. The Kier molecular flexibility index (Phi) is 3.70. The molecule has 2 aliphatic carbocycles. The van der Waals surface area contributed by atoms with Gasteiger partial charge in [0.1, 0.15) is 6.04 Å². The molecule has 0 aliphatic heterocycles. The van der Waals surface area contributed by atoms with E-state index in [4.69, 9.17) is 0 Å². The van der Waals surface area contributed by atoms with Crippen LogP contribution in [0.25, 0.3) is 0 Å². The summed E-state index contributed by atoms with van der Waals surface area (Å²) in [6.45, 7) is 0. The zero-order chi connectivity index (χ0) is 14.9. The lowest BCUT2D eigenvalue weighted by Gasteiger charge is -2.30. The quantitative estimate of drug-likeness (QED) is 0.874. The van der Waals surface area contributed by atoms with Crippen molar-refractivity contribution in [1.82, 2.24) is 5.32 Å². The molecule has 1 atom stereocenters. The smallest absolute Gasteiger partial charge is 0.326 e. The first-order chi connectivity index (χ1) is 10.1. The van der Waals surface area contributed by atoms with E-state index < -0.39 is 17.4 Å². The van der Waals surface area contributed by atoms with Crippen LogP contribution in [0.1, 0.15) is 44.1 Å². The Morgan fingerprint density at radius 1 is 1.14 bits per heavy atom. The van der Waals surface area contributed by atoms with Crippen LogP contribution in [0.5, 0.6) is 0 Å². The number of carboxylic acids is 1. The predicted molar refractivity (Wildman–Crippen MR) is 78.9 cm³/mol. The van der Waals surface area contributed by atoms with Crippen molar-refractivity contribution < 1.29 is 14.7 Å². The lowest BCUT2D eigenvalue weighted by atomic mass is 9.77. The third-order valence-electron chi connectivity index (χ3n) is 4.86. The topological polar surface area (TPSA) is 66.4 Å². The SMILES string of the molecule is O=C(O)C(NC(=O)C1(c2ccccc2)CCCC1)C1CC1. The van der Waals surface area contributed by atoms with Crippen molar-refractivity contribution in [1.29, 1.82) is 0 Å². The highest BCUT2D eigenvalue weighted by Gasteiger charge is 2.46. The Hall–Kier alpha value is -1.84. The first kappa shape index (κ1) is 14.1. The summed E-state index contributed by atoms with van der Waals surface area (Å²) in [6.07, 6.45) is 5.44. The van der Waals surface area contributed by atoms with Crippen LogP contribution in [0.3, 0.4) is 0 Å². The van der Waals surface area contributed by atoms with Gasteiger partial charge in [-0.25, -0.2) is 4.79 Å². The van der Waals surface area contributed by atoms with E-state index in [2.05, 4.69) is 5.32 Å². The van der Waals surface area contributed by atoms with Gasteiger partial charge in [0.05, 0.1) is 5.41 Å². The Morgan fingerprint density at radius 3 is 2.29 bits per heavy atom. The molecular weight excluding hydrogens is 266 g/mol. The van der Waals surface area contributed by atoms with Crippen LogP contribution >= 0.6 is 0 Å². The monoisotopic (exact) mass is 287 g/mol. The molecule has 4 nitrogen and oxygen atoms in total. The van der Waals surface area contributed by atoms with E-state index in [0.29, 0.717) is 0 Å². The second-order valence-corrected chi connectivity index (χ2v) is 6.28. The van der Waals surface area contributed by atoms with Gasteiger partial charge in [0.15, 0.2) is 0 Å². The number of aliphatic carboxylic acids is 1. The number of nitrogens with one attached hydrogen (secondary N) is 1. The van der Waals surface area contributed by atoms with Gasteiger partial charge in [-0.15, -0.1) is 0 Å². The maximum absolute atomic E-state index is 12.8. The first-order valence-corrected chi connectivity index (χ1v) is 7.73. The number of amides is 1. The molecule has 1 amide bonds. The first-order valence-electron chi connectivity index (χ1n) is 7.73. The molecule has 0 bridgehead atoms. The van der Waals surface area contributed by atoms with Crippen LogP contribution in [-0.4, -0.2) is 23.0 Å². The number of rotatable bonds is 5. The van der Waals surface area contributed by atoms with Gasteiger partial charge in [-0.1, -0.05) is 43.2 Å². The van der Waals surface area contributed by atoms with Crippen LogP contribution in [0.2, 0.25) is 0 Å². The second-order valence-electron chi connectivity index (χ2n) is 6.28. The molecule has 0 saturated heterocycles. The summed E-state index contributed by atoms with van der Waals surface area (Å²) in [5.41, 5.74) is 0.476. The summed E-state index contributed by atoms with van der Waals surface area (Å²) in [4.78, 5) is 24.2. The highest BCUT2D eigenvalue weighted by Crippen LogP contribution is 2.42. The maximum atomic E-state index is 12.8. The van der Waals surface area contributed by atoms with E-state index in [9.17, 15) is 14.7 Å². The summed E-state index contributed by atoms with van der Waals surface area (Å²) in [5, 5.41) is 12.1. The van der Waals surface area contributed by atoms with Crippen LogP contribution < -0.4 is 5.32 Å². The fraction of sp³-hybridized carbons (Fsp3) is 0.529. The molecule has 0 radical (unpaired) electrons. The lowest BCUT2D eigenvalue weighted by molar-refractivity contribution is -0.143. The third kappa shape index (κ3) is 2.67. The van der Waals surface area contributed by atoms with Gasteiger partial charge in [0.2, 0.25) is 5.91 Å². The normalized spacial score (nSPS) is 21.7. The van der Waals surface area contributed by atoms with Crippen molar-refractivity contribution in [3.63, 3.8) is 0 Å². The van der Waals surface area contributed by atoms with Crippen LogP contribution in [0.4, 0.5) is 0 Å². The van der Waals surface area contributed by atoms with E-state index >= 15 is 0 Å². The minimum absolute atomic E-state index is 0.106. The van der Waals surface area contributed by atoms with Gasteiger partial charge in [0, 0.05) is 0 Å². The Morgan fingerprint density at radius 2 is 1.76 bits per heavy atom. The van der Waals surface area contributed by atoms with Crippen LogP contribution in [0, 0.1) is 5.92 Å². The largest absolute Gasteiger partial charge is 0.480 e. The van der Waals surface area contributed by atoms with Gasteiger partial charge in [0.25, 0.3) is 0 Å². The van der Waals surface area contributed by atoms with Crippen molar-refractivity contribution in [2.45, 2.75) is 50.0 Å². The summed E-state index contributed by atoms with van der Waals surface area (Å²) in [6, 6.07) is 9.07. The Bertz CT molecular complexity index is 530. The van der Waals surface area contributed by atoms with Gasteiger partial charge >= 0.3 is 5.97 Å². The number of hydrogen-bond acceptors (Lipinski definition) is 2. The van der Waals surface area contributed by atoms with Crippen LogP contribution in [-0.2, 0) is 15.0 Å². The standard InChI is InChI=1S/C17H21NO3/c19-15(20)14(12-8-9-12)18-16(21)17(10-4-5-11-17)13-6-2-1-3-7-13/h1-3,6-7,12,14H,4-5,8-11H2,(H,18,21)(H,19,20). The molecule has 0 aromatic heterocycles. The van der Waals surface area contributed by atoms with Crippen molar-refractivity contribution in [2.24, 2.45) is 5.92 Å². The maximum Gasteiger partial charge on any atom is 0.326 e. The highest BCUT2D eigenvalue weighted by atomic mass is 16.4. The number of carboxylic acid groups (broad SMARTS) is 1. The molecule has 1 aromatic carbocycles. The number of benzene rings is 1. The molecule has 1 aromatic rings. The highest BCUT2D eigenvalue weighted by molar-refractivity contribution is 5.92. The molecule has 2 N–H and O–H groups in total. The summed E-state index contributed by atoms with van der Waals surface area (Å²) in [5.74, 6) is -0.904. The molecular formula is C17H21NO3. The van der Waals surface area contributed by atoms with E-state index in [1.807, 2.05) is 30.3 Å². The van der Waals surface area contributed by atoms with Gasteiger partial charge < -0.3 is 10.4 Å². The fourth-order valence-electron chi connectivity index (χ4n) is 3.47. The molecule has 2 fully saturated rings. The van der Waals surface area contributed by atoms with E-state index in [0.717, 1.165) is 44.1 Å². The van der Waals surface area contributed by atoms with Gasteiger partial charge in [-0.05, 0) is 37.2 Å². The Labute approximate surface area is 124 Å². The average Bonchev–Trinajstić information content (AvgIpc) is 3.20. The minimum atomic E-state index is -0.910. The number of hydrogen-bond donors (Lipinski definition) is 2. The molecule has 21 heavy (non-hydrogen) atoms. The number of carbonyl (C=O) groups is 2. The van der Waals surface area contributed by atoms with Crippen LogP contribution in [0.15, 0.2) is 30.3 Å². The van der Waals surface area contributed by atoms with Crippen molar-refractivity contribution in [2.75, 3.05) is 0 Å². The molecule has 4 heteroatoms. The van der Waals surface area contributed by atoms with E-state index in [-0.39, 0.29) is 11.8 Å².